The summed E-state index contributed by atoms with van der Waals surface area (Å²) in [6, 6.07) is 0. The summed E-state index contributed by atoms with van der Waals surface area (Å²) >= 11 is 0. The van der Waals surface area contributed by atoms with E-state index in [1.807, 2.05) is 0 Å². The highest BCUT2D eigenvalue weighted by molar-refractivity contribution is 5.88. The van der Waals surface area contributed by atoms with Gasteiger partial charge < -0.3 is 31.3 Å². The van der Waals surface area contributed by atoms with Crippen LogP contribution in [0.5, 0.6) is 0 Å². The van der Waals surface area contributed by atoms with Gasteiger partial charge in [-0.15, -0.1) is 12.4 Å². The summed E-state index contributed by atoms with van der Waals surface area (Å²) in [6.07, 6.45) is -2.11. The highest BCUT2D eigenvalue weighted by Crippen LogP contribution is 2.16. The second-order valence-corrected chi connectivity index (χ2v) is 3.03. The van der Waals surface area contributed by atoms with Crippen molar-refractivity contribution >= 4 is 30.3 Å². The third-order valence-electron chi connectivity index (χ3n) is 1.63. The van der Waals surface area contributed by atoms with Crippen LogP contribution in [-0.2, 0) is 19.1 Å². The van der Waals surface area contributed by atoms with Gasteiger partial charge in [0.15, 0.2) is 5.60 Å². The summed E-state index contributed by atoms with van der Waals surface area (Å²) in [7, 11) is 0. The summed E-state index contributed by atoms with van der Waals surface area (Å²) < 4.78 is 4.31. The molecule has 0 saturated carbocycles. The highest BCUT2D eigenvalue weighted by Gasteiger charge is 2.41. The van der Waals surface area contributed by atoms with Crippen molar-refractivity contribution in [3.05, 3.63) is 0 Å². The molecule has 0 aliphatic carbocycles. The van der Waals surface area contributed by atoms with Gasteiger partial charge in [-0.25, -0.2) is 4.79 Å². The van der Waals surface area contributed by atoms with E-state index in [1.165, 1.54) is 0 Å². The Morgan fingerprint density at radius 3 is 1.94 bits per heavy atom. The lowest BCUT2D eigenvalue weighted by Crippen LogP contribution is -2.43. The van der Waals surface area contributed by atoms with Crippen LogP contribution in [0.4, 0.5) is 0 Å². The largest absolute Gasteiger partial charge is 0.481 e. The van der Waals surface area contributed by atoms with Crippen LogP contribution in [0.15, 0.2) is 0 Å². The fourth-order valence-electron chi connectivity index (χ4n) is 0.913. The molecule has 0 aromatic carbocycles. The van der Waals surface area contributed by atoms with E-state index in [4.69, 9.17) is 15.3 Å². The zero-order valence-electron chi connectivity index (χ0n) is 9.37. The molecule has 18 heavy (non-hydrogen) atoms. The second kappa shape index (κ2) is 9.59. The molecule has 108 valence electrons. The van der Waals surface area contributed by atoms with Gasteiger partial charge in [-0.3, -0.25) is 9.59 Å². The Bertz CT molecular complexity index is 297. The number of hydrogen-bond acceptors (Lipinski definition) is 7. The number of halogens is 1. The van der Waals surface area contributed by atoms with Gasteiger partial charge in [-0.2, -0.15) is 0 Å². The molecule has 1 unspecified atom stereocenters. The maximum Gasteiger partial charge on any atom is 0.336 e. The summed E-state index contributed by atoms with van der Waals surface area (Å²) in [5.41, 5.74) is -2.70. The minimum Gasteiger partial charge on any atom is -0.481 e. The van der Waals surface area contributed by atoms with Gasteiger partial charge in [-0.1, -0.05) is 0 Å². The number of carboxylic acids is 2. The fourth-order valence-corrected chi connectivity index (χ4v) is 0.913. The molecule has 0 radical (unpaired) electrons. The first-order valence-electron chi connectivity index (χ1n) is 4.26. The van der Waals surface area contributed by atoms with Crippen molar-refractivity contribution in [1.82, 2.24) is 6.15 Å². The van der Waals surface area contributed by atoms with Crippen LogP contribution in [0, 0.1) is 0 Å². The molecule has 0 heterocycles. The zero-order chi connectivity index (χ0) is 12.8. The third-order valence-corrected chi connectivity index (χ3v) is 1.63. The molecule has 9 nitrogen and oxygen atoms in total. The first-order chi connectivity index (χ1) is 7.31. The molecule has 0 amide bonds. The number of carbonyl (C=O) groups is 3. The van der Waals surface area contributed by atoms with Crippen LogP contribution in [0.1, 0.15) is 12.8 Å². The molecule has 0 aliphatic rings. The van der Waals surface area contributed by atoms with E-state index < -0.39 is 43.0 Å². The molecule has 0 rings (SSSR count). The Morgan fingerprint density at radius 2 is 1.61 bits per heavy atom. The van der Waals surface area contributed by atoms with E-state index in [2.05, 4.69) is 4.74 Å². The van der Waals surface area contributed by atoms with Crippen LogP contribution >= 0.6 is 12.4 Å². The standard InChI is InChI=1S/C8H12O8.ClH.H3N/c9-1-2-16-6(12)4-8(15,7(13)14)3-5(10)11;;/h9,15H,1-4H2,(H,10,11)(H,13,14);1H;1H3. The minimum atomic E-state index is -2.70. The molecule has 0 spiro atoms. The lowest BCUT2D eigenvalue weighted by atomic mass is 9.96. The van der Waals surface area contributed by atoms with Crippen LogP contribution in [0.3, 0.4) is 0 Å². The Hall–Kier alpha value is -1.42. The lowest BCUT2D eigenvalue weighted by Gasteiger charge is -2.19. The molecule has 7 N–H and O–H groups in total. The maximum atomic E-state index is 11.0. The number of aliphatic carboxylic acids is 2. The Balaban J connectivity index is -0.00000112. The Labute approximate surface area is 108 Å². The van der Waals surface area contributed by atoms with Crippen molar-refractivity contribution < 1.29 is 39.5 Å². The number of carbonyl (C=O) groups excluding carboxylic acids is 1. The van der Waals surface area contributed by atoms with Crippen molar-refractivity contribution in [1.29, 1.82) is 0 Å². The minimum absolute atomic E-state index is 0. The average Bonchev–Trinajstić information content (AvgIpc) is 2.12. The number of esters is 1. The second-order valence-electron chi connectivity index (χ2n) is 3.03. The van der Waals surface area contributed by atoms with Crippen LogP contribution in [0.25, 0.3) is 0 Å². The molecule has 1 atom stereocenters. The van der Waals surface area contributed by atoms with Gasteiger partial charge in [0.25, 0.3) is 0 Å². The predicted octanol–water partition coefficient (Wildman–Crippen LogP) is -1.21. The van der Waals surface area contributed by atoms with E-state index in [0.717, 1.165) is 0 Å². The number of ether oxygens (including phenoxy) is 1. The first-order valence-corrected chi connectivity index (χ1v) is 4.26. The van der Waals surface area contributed by atoms with Gasteiger partial charge in [0.2, 0.25) is 0 Å². The summed E-state index contributed by atoms with van der Waals surface area (Å²) in [5, 5.41) is 34.7. The van der Waals surface area contributed by atoms with Gasteiger partial charge >= 0.3 is 17.9 Å². The zero-order valence-corrected chi connectivity index (χ0v) is 10.2. The highest BCUT2D eigenvalue weighted by atomic mass is 35.5. The molecule has 0 fully saturated rings. The van der Waals surface area contributed by atoms with Gasteiger partial charge in [-0.05, 0) is 0 Å². The maximum absolute atomic E-state index is 11.0. The summed E-state index contributed by atoms with van der Waals surface area (Å²) in [6.45, 7) is -0.794. The van der Waals surface area contributed by atoms with E-state index in [0.29, 0.717) is 0 Å². The molecular weight excluding hydrogens is 274 g/mol. The number of rotatable bonds is 7. The van der Waals surface area contributed by atoms with Gasteiger partial charge in [0.1, 0.15) is 6.61 Å². The van der Waals surface area contributed by atoms with Crippen molar-refractivity contribution in [2.45, 2.75) is 18.4 Å². The lowest BCUT2D eigenvalue weighted by molar-refractivity contribution is -0.172. The molecule has 10 heteroatoms. The van der Waals surface area contributed by atoms with Crippen molar-refractivity contribution in [3.63, 3.8) is 0 Å². The molecule has 0 aromatic rings. The van der Waals surface area contributed by atoms with Crippen LogP contribution in [-0.4, -0.2) is 57.1 Å². The summed E-state index contributed by atoms with van der Waals surface area (Å²) in [5.74, 6) is -4.48. The topological polar surface area (TPSA) is 176 Å². The monoisotopic (exact) mass is 289 g/mol. The van der Waals surface area contributed by atoms with E-state index in [9.17, 15) is 19.5 Å². The molecule has 0 bridgehead atoms. The van der Waals surface area contributed by atoms with E-state index in [1.54, 1.807) is 0 Å². The number of carboxylic acid groups (broad SMARTS) is 2. The van der Waals surface area contributed by atoms with Crippen molar-refractivity contribution in [2.75, 3.05) is 13.2 Å². The van der Waals surface area contributed by atoms with E-state index >= 15 is 0 Å². The fraction of sp³-hybridized carbons (Fsp3) is 0.625. The summed E-state index contributed by atoms with van der Waals surface area (Å²) in [4.78, 5) is 31.8. The van der Waals surface area contributed by atoms with Crippen molar-refractivity contribution in [3.8, 4) is 0 Å². The number of hydrogen-bond donors (Lipinski definition) is 5. The van der Waals surface area contributed by atoms with Crippen LogP contribution < -0.4 is 6.15 Å². The Morgan fingerprint density at radius 1 is 1.11 bits per heavy atom. The molecule has 0 saturated heterocycles. The third kappa shape index (κ3) is 7.79. The molecule has 0 aliphatic heterocycles. The molecular formula is C8H16ClNO8. The van der Waals surface area contributed by atoms with Gasteiger partial charge in [0, 0.05) is 0 Å². The number of aliphatic hydroxyl groups excluding tert-OH is 1. The molecule has 0 aromatic heterocycles. The first kappa shape index (κ1) is 21.8. The van der Waals surface area contributed by atoms with Crippen molar-refractivity contribution in [2.24, 2.45) is 0 Å². The normalized spacial score (nSPS) is 12.3. The van der Waals surface area contributed by atoms with Gasteiger partial charge in [0.05, 0.1) is 19.4 Å². The number of aliphatic hydroxyl groups is 2. The smallest absolute Gasteiger partial charge is 0.336 e. The van der Waals surface area contributed by atoms with E-state index in [-0.39, 0.29) is 25.2 Å². The average molecular weight is 290 g/mol. The SMILES string of the molecule is Cl.N.O=C(O)CC(O)(CC(=O)OCCO)C(=O)O. The van der Waals surface area contributed by atoms with Crippen LogP contribution in [0.2, 0.25) is 0 Å². The quantitative estimate of drug-likeness (QED) is 0.359. The predicted molar refractivity (Wildman–Crippen MR) is 59.8 cm³/mol. The Kier molecular flexibility index (Phi) is 11.6.